The Morgan fingerprint density at radius 1 is 1.04 bits per heavy atom. The molecule has 4 nitrogen and oxygen atoms in total. The third-order valence-corrected chi connectivity index (χ3v) is 3.48. The number of carbonyl (C=O) groups is 1. The monoisotopic (exact) mass is 330 g/mol. The molecule has 23 heavy (non-hydrogen) atoms. The van der Waals surface area contributed by atoms with Crippen molar-refractivity contribution in [2.45, 2.75) is 20.3 Å². The fourth-order valence-corrected chi connectivity index (χ4v) is 2.17. The molecule has 0 aliphatic carbocycles. The maximum absolute atomic E-state index is 12.1. The van der Waals surface area contributed by atoms with Crippen molar-refractivity contribution in [1.29, 1.82) is 0 Å². The van der Waals surface area contributed by atoms with Crippen LogP contribution in [0.15, 0.2) is 53.6 Å². The molecule has 0 heterocycles. The second-order valence-corrected chi connectivity index (χ2v) is 5.25. The number of hydrogen-bond donors (Lipinski definition) is 1. The first-order valence-electron chi connectivity index (χ1n) is 7.49. The summed E-state index contributed by atoms with van der Waals surface area (Å²) in [6.45, 7) is 4.49. The molecule has 0 radical (unpaired) electrons. The van der Waals surface area contributed by atoms with Gasteiger partial charge in [0.1, 0.15) is 5.75 Å². The number of halogens is 1. The minimum Gasteiger partial charge on any atom is -0.494 e. The average molecular weight is 331 g/mol. The van der Waals surface area contributed by atoms with Gasteiger partial charge in [-0.25, -0.2) is 5.43 Å². The second kappa shape index (κ2) is 8.34. The molecule has 1 amide bonds. The minimum atomic E-state index is -0.257. The lowest BCUT2D eigenvalue weighted by molar-refractivity contribution is 0.0955. The van der Waals surface area contributed by atoms with Gasteiger partial charge in [0.2, 0.25) is 0 Å². The van der Waals surface area contributed by atoms with E-state index in [1.54, 1.807) is 36.4 Å². The van der Waals surface area contributed by atoms with E-state index in [1.165, 1.54) is 0 Å². The molecule has 0 atom stereocenters. The molecule has 0 spiro atoms. The fraction of sp³-hybridized carbons (Fsp3) is 0.222. The van der Waals surface area contributed by atoms with Crippen molar-refractivity contribution in [3.8, 4) is 5.75 Å². The number of ether oxygens (including phenoxy) is 1. The van der Waals surface area contributed by atoms with Gasteiger partial charge in [-0.05, 0) is 55.3 Å². The number of hydrazone groups is 1. The van der Waals surface area contributed by atoms with Crippen LogP contribution >= 0.6 is 11.6 Å². The highest BCUT2D eigenvalue weighted by atomic mass is 35.5. The van der Waals surface area contributed by atoms with Crippen molar-refractivity contribution in [2.75, 3.05) is 6.61 Å². The van der Waals surface area contributed by atoms with E-state index < -0.39 is 0 Å². The highest BCUT2D eigenvalue weighted by Crippen LogP contribution is 2.13. The van der Waals surface area contributed by atoms with Crippen molar-refractivity contribution in [3.05, 3.63) is 64.7 Å². The van der Waals surface area contributed by atoms with Crippen LogP contribution in [0.1, 0.15) is 36.2 Å². The summed E-state index contributed by atoms with van der Waals surface area (Å²) in [4.78, 5) is 12.1. The topological polar surface area (TPSA) is 50.7 Å². The Morgan fingerprint density at radius 2 is 1.65 bits per heavy atom. The number of benzene rings is 2. The second-order valence-electron chi connectivity index (χ2n) is 4.82. The van der Waals surface area contributed by atoms with Crippen LogP contribution in [-0.2, 0) is 0 Å². The van der Waals surface area contributed by atoms with Crippen molar-refractivity contribution < 1.29 is 9.53 Å². The van der Waals surface area contributed by atoms with Crippen LogP contribution in [0, 0.1) is 0 Å². The van der Waals surface area contributed by atoms with E-state index in [9.17, 15) is 4.79 Å². The molecular weight excluding hydrogens is 312 g/mol. The van der Waals surface area contributed by atoms with Crippen LogP contribution in [-0.4, -0.2) is 18.2 Å². The van der Waals surface area contributed by atoms with Crippen LogP contribution in [0.4, 0.5) is 0 Å². The van der Waals surface area contributed by atoms with Crippen LogP contribution in [0.2, 0.25) is 5.02 Å². The Balaban J connectivity index is 2.07. The molecule has 2 rings (SSSR count). The Kier molecular flexibility index (Phi) is 6.18. The molecule has 0 fully saturated rings. The van der Waals surface area contributed by atoms with Gasteiger partial charge in [0.25, 0.3) is 5.91 Å². The predicted octanol–water partition coefficient (Wildman–Crippen LogP) is 4.28. The standard InChI is InChI=1S/C18H19ClN2O2/c1-3-17(13-5-9-15(19)10-6-13)20-21-18(22)14-7-11-16(12-8-14)23-4-2/h5-12H,3-4H2,1-2H3,(H,21,22)/b20-17+. The van der Waals surface area contributed by atoms with Crippen molar-refractivity contribution in [1.82, 2.24) is 5.43 Å². The molecule has 0 aliphatic rings. The van der Waals surface area contributed by atoms with E-state index in [2.05, 4.69) is 10.5 Å². The first-order valence-corrected chi connectivity index (χ1v) is 7.87. The summed E-state index contributed by atoms with van der Waals surface area (Å²) in [6, 6.07) is 14.3. The van der Waals surface area contributed by atoms with Crippen molar-refractivity contribution in [2.24, 2.45) is 5.10 Å². The van der Waals surface area contributed by atoms with Gasteiger partial charge < -0.3 is 4.74 Å². The first-order chi connectivity index (χ1) is 11.1. The maximum atomic E-state index is 12.1. The largest absolute Gasteiger partial charge is 0.494 e. The van der Waals surface area contributed by atoms with E-state index in [-0.39, 0.29) is 5.91 Å². The van der Waals surface area contributed by atoms with E-state index in [0.29, 0.717) is 23.6 Å². The quantitative estimate of drug-likeness (QED) is 0.634. The van der Waals surface area contributed by atoms with Gasteiger partial charge in [-0.15, -0.1) is 0 Å². The molecule has 2 aromatic carbocycles. The fourth-order valence-electron chi connectivity index (χ4n) is 2.04. The van der Waals surface area contributed by atoms with Crippen LogP contribution < -0.4 is 10.2 Å². The lowest BCUT2D eigenvalue weighted by atomic mass is 10.1. The Bertz CT molecular complexity index is 679. The number of nitrogens with one attached hydrogen (secondary N) is 1. The summed E-state index contributed by atoms with van der Waals surface area (Å²) in [5, 5.41) is 4.89. The molecular formula is C18H19ClN2O2. The van der Waals surface area contributed by atoms with Crippen LogP contribution in [0.25, 0.3) is 0 Å². The van der Waals surface area contributed by atoms with E-state index >= 15 is 0 Å². The smallest absolute Gasteiger partial charge is 0.271 e. The van der Waals surface area contributed by atoms with Gasteiger partial charge >= 0.3 is 0 Å². The molecule has 0 bridgehead atoms. The van der Waals surface area contributed by atoms with Crippen LogP contribution in [0.5, 0.6) is 5.75 Å². The number of hydrogen-bond acceptors (Lipinski definition) is 3. The van der Waals surface area contributed by atoms with Gasteiger partial charge in [-0.1, -0.05) is 30.7 Å². The van der Waals surface area contributed by atoms with Gasteiger partial charge in [0.15, 0.2) is 0 Å². The van der Waals surface area contributed by atoms with Gasteiger partial charge in [0, 0.05) is 10.6 Å². The van der Waals surface area contributed by atoms with Gasteiger partial charge in [-0.2, -0.15) is 5.10 Å². The average Bonchev–Trinajstić information content (AvgIpc) is 2.57. The third kappa shape index (κ3) is 4.83. The number of nitrogens with zero attached hydrogens (tertiary/aromatic N) is 1. The van der Waals surface area contributed by atoms with Crippen molar-refractivity contribution >= 4 is 23.2 Å². The normalized spacial score (nSPS) is 11.2. The number of carbonyl (C=O) groups excluding carboxylic acids is 1. The summed E-state index contributed by atoms with van der Waals surface area (Å²) in [5.41, 5.74) is 4.85. The zero-order valence-electron chi connectivity index (χ0n) is 13.2. The molecule has 0 saturated carbocycles. The molecule has 0 saturated heterocycles. The predicted molar refractivity (Wildman–Crippen MR) is 93.4 cm³/mol. The molecule has 120 valence electrons. The summed E-state index contributed by atoms with van der Waals surface area (Å²) >= 11 is 5.88. The summed E-state index contributed by atoms with van der Waals surface area (Å²) in [5.74, 6) is 0.482. The van der Waals surface area contributed by atoms with Gasteiger partial charge in [0.05, 0.1) is 12.3 Å². The Morgan fingerprint density at radius 3 is 2.22 bits per heavy atom. The zero-order chi connectivity index (χ0) is 16.7. The summed E-state index contributed by atoms with van der Waals surface area (Å²) in [7, 11) is 0. The first kappa shape index (κ1) is 17.0. The molecule has 0 aromatic heterocycles. The highest BCUT2D eigenvalue weighted by Gasteiger charge is 2.06. The lowest BCUT2D eigenvalue weighted by Crippen LogP contribution is -2.19. The zero-order valence-corrected chi connectivity index (χ0v) is 13.9. The minimum absolute atomic E-state index is 0.257. The highest BCUT2D eigenvalue weighted by molar-refractivity contribution is 6.30. The summed E-state index contributed by atoms with van der Waals surface area (Å²) < 4.78 is 5.35. The van der Waals surface area contributed by atoms with E-state index in [1.807, 2.05) is 26.0 Å². The SMILES string of the molecule is CCOc1ccc(C(=O)N/N=C(\CC)c2ccc(Cl)cc2)cc1. The Labute approximate surface area is 141 Å². The molecule has 0 unspecified atom stereocenters. The summed E-state index contributed by atoms with van der Waals surface area (Å²) in [6.07, 6.45) is 0.700. The molecule has 5 heteroatoms. The van der Waals surface area contributed by atoms with Crippen LogP contribution in [0.3, 0.4) is 0 Å². The Hall–Kier alpha value is -2.33. The molecule has 1 N–H and O–H groups in total. The number of rotatable bonds is 6. The van der Waals surface area contributed by atoms with Gasteiger partial charge in [-0.3, -0.25) is 4.79 Å². The third-order valence-electron chi connectivity index (χ3n) is 3.23. The molecule has 2 aromatic rings. The van der Waals surface area contributed by atoms with Crippen molar-refractivity contribution in [3.63, 3.8) is 0 Å². The number of amides is 1. The van der Waals surface area contributed by atoms with E-state index in [0.717, 1.165) is 17.0 Å². The lowest BCUT2D eigenvalue weighted by Gasteiger charge is -2.06. The molecule has 0 aliphatic heterocycles. The maximum Gasteiger partial charge on any atom is 0.271 e. The van der Waals surface area contributed by atoms with E-state index in [4.69, 9.17) is 16.3 Å².